The molecule has 0 aliphatic carbocycles. The highest BCUT2D eigenvalue weighted by molar-refractivity contribution is 6.00. The molecule has 5 nitrogen and oxygen atoms in total. The van der Waals surface area contributed by atoms with Crippen LogP contribution in [0.3, 0.4) is 0 Å². The third kappa shape index (κ3) is 3.29. The predicted molar refractivity (Wildman–Crippen MR) is 104 cm³/mol. The number of amides is 1. The molecular formula is C22H25NO4. The highest BCUT2D eigenvalue weighted by Gasteiger charge is 2.44. The minimum Gasteiger partial charge on any atom is -0.512 e. The number of likely N-dealkylation sites (tertiary alicyclic amines) is 1. The molecule has 0 radical (unpaired) electrons. The molecule has 1 amide bonds. The number of hydrogen-bond donors (Lipinski definition) is 1. The molecule has 0 aromatic heterocycles. The van der Waals surface area contributed by atoms with Crippen LogP contribution in [0.4, 0.5) is 0 Å². The maximum Gasteiger partial charge on any atom is 0.311 e. The summed E-state index contributed by atoms with van der Waals surface area (Å²) in [6, 6.07) is 13.7. The lowest BCUT2D eigenvalue weighted by Gasteiger charge is -2.38. The van der Waals surface area contributed by atoms with Crippen LogP contribution < -0.4 is 0 Å². The average molecular weight is 367 g/mol. The van der Waals surface area contributed by atoms with E-state index >= 15 is 0 Å². The van der Waals surface area contributed by atoms with Crippen LogP contribution in [0.25, 0.3) is 10.8 Å². The first-order valence-corrected chi connectivity index (χ1v) is 9.10. The average Bonchev–Trinajstić information content (AvgIpc) is 2.68. The van der Waals surface area contributed by atoms with Gasteiger partial charge in [-0.2, -0.15) is 0 Å². The van der Waals surface area contributed by atoms with Gasteiger partial charge in [0.2, 0.25) is 0 Å². The van der Waals surface area contributed by atoms with Gasteiger partial charge in [-0.3, -0.25) is 9.59 Å². The van der Waals surface area contributed by atoms with Crippen molar-refractivity contribution in [1.29, 1.82) is 0 Å². The summed E-state index contributed by atoms with van der Waals surface area (Å²) in [4.78, 5) is 27.1. The maximum absolute atomic E-state index is 13.0. The highest BCUT2D eigenvalue weighted by atomic mass is 16.5. The van der Waals surface area contributed by atoms with Gasteiger partial charge in [-0.15, -0.1) is 0 Å². The Morgan fingerprint density at radius 3 is 2.52 bits per heavy atom. The lowest BCUT2D eigenvalue weighted by atomic mass is 9.74. The highest BCUT2D eigenvalue weighted by Crippen LogP contribution is 2.42. The fraction of sp³-hybridized carbons (Fsp3) is 0.364. The fourth-order valence-electron chi connectivity index (χ4n) is 3.86. The number of hydrogen-bond acceptors (Lipinski definition) is 4. The molecule has 27 heavy (non-hydrogen) atoms. The van der Waals surface area contributed by atoms with Gasteiger partial charge in [0.15, 0.2) is 0 Å². The van der Waals surface area contributed by atoms with Crippen molar-refractivity contribution >= 4 is 22.6 Å². The molecule has 1 saturated heterocycles. The summed E-state index contributed by atoms with van der Waals surface area (Å²) in [5, 5.41) is 12.8. The summed E-state index contributed by atoms with van der Waals surface area (Å²) in [6.45, 7) is 3.91. The van der Waals surface area contributed by atoms with Gasteiger partial charge in [-0.05, 0) is 16.3 Å². The second-order valence-corrected chi connectivity index (χ2v) is 7.31. The van der Waals surface area contributed by atoms with Crippen molar-refractivity contribution in [3.05, 3.63) is 59.4 Å². The molecule has 3 rings (SSSR count). The summed E-state index contributed by atoms with van der Waals surface area (Å²) in [5.74, 6) is -1.99. The maximum atomic E-state index is 13.0. The Hall–Kier alpha value is -2.82. The molecule has 1 aliphatic rings. The Labute approximate surface area is 159 Å². The van der Waals surface area contributed by atoms with Crippen LogP contribution in [-0.2, 0) is 14.3 Å². The van der Waals surface area contributed by atoms with Gasteiger partial charge < -0.3 is 14.7 Å². The number of carbonyl (C=O) groups is 2. The Balaban J connectivity index is 2.31. The van der Waals surface area contributed by atoms with E-state index in [0.29, 0.717) is 0 Å². The molecule has 2 aromatic rings. The lowest BCUT2D eigenvalue weighted by Crippen LogP contribution is -2.47. The molecule has 5 heteroatoms. The zero-order valence-corrected chi connectivity index (χ0v) is 16.1. The number of rotatable bonds is 3. The molecule has 1 N–H and O–H groups in total. The third-order valence-electron chi connectivity index (χ3n) is 5.25. The quantitative estimate of drug-likeness (QED) is 0.511. The molecule has 1 fully saturated rings. The van der Waals surface area contributed by atoms with E-state index in [4.69, 9.17) is 4.74 Å². The predicted octanol–water partition coefficient (Wildman–Crippen LogP) is 3.65. The van der Waals surface area contributed by atoms with Gasteiger partial charge in [0.05, 0.1) is 18.6 Å². The Morgan fingerprint density at radius 1 is 1.19 bits per heavy atom. The second kappa shape index (κ2) is 7.43. The first-order chi connectivity index (χ1) is 12.9. The number of methoxy groups -OCH3 is 1. The Morgan fingerprint density at radius 2 is 1.85 bits per heavy atom. The first kappa shape index (κ1) is 19.0. The summed E-state index contributed by atoms with van der Waals surface area (Å²) in [6.07, 6.45) is 0. The number of benzene rings is 2. The molecule has 1 aliphatic heterocycles. The van der Waals surface area contributed by atoms with E-state index in [-0.39, 0.29) is 35.7 Å². The van der Waals surface area contributed by atoms with E-state index < -0.39 is 11.8 Å². The molecule has 0 spiro atoms. The van der Waals surface area contributed by atoms with Crippen molar-refractivity contribution < 1.29 is 19.4 Å². The molecule has 0 unspecified atom stereocenters. The van der Waals surface area contributed by atoms with Crippen LogP contribution in [0.5, 0.6) is 0 Å². The lowest BCUT2D eigenvalue weighted by molar-refractivity contribution is -0.149. The number of fused-ring (bicyclic) bond motifs is 1. The van der Waals surface area contributed by atoms with Gasteiger partial charge in [-0.1, -0.05) is 56.3 Å². The number of likely N-dealkylation sites (N-methyl/N-ethyl adjacent to an activating group) is 1. The van der Waals surface area contributed by atoms with Gasteiger partial charge in [0.1, 0.15) is 5.76 Å². The van der Waals surface area contributed by atoms with Crippen molar-refractivity contribution in [3.63, 3.8) is 0 Å². The summed E-state index contributed by atoms with van der Waals surface area (Å²) in [7, 11) is 3.00. The van der Waals surface area contributed by atoms with Crippen LogP contribution in [0.15, 0.2) is 53.8 Å². The van der Waals surface area contributed by atoms with Crippen molar-refractivity contribution in [3.8, 4) is 0 Å². The van der Waals surface area contributed by atoms with Crippen molar-refractivity contribution in [2.75, 3.05) is 20.7 Å². The van der Waals surface area contributed by atoms with E-state index in [1.807, 2.05) is 56.3 Å². The van der Waals surface area contributed by atoms with Gasteiger partial charge in [0.25, 0.3) is 5.91 Å². The van der Waals surface area contributed by atoms with Crippen LogP contribution in [0.2, 0.25) is 0 Å². The topological polar surface area (TPSA) is 66.8 Å². The van der Waals surface area contributed by atoms with Crippen molar-refractivity contribution in [1.82, 2.24) is 4.90 Å². The molecule has 1 heterocycles. The molecular weight excluding hydrogens is 342 g/mol. The normalized spacial score (nSPS) is 22.3. The Bertz CT molecular complexity index is 910. The van der Waals surface area contributed by atoms with E-state index in [1.54, 1.807) is 7.05 Å². The minimum atomic E-state index is -0.584. The SMILES string of the molecule is COC(=O)[C@@H]1CN(C)C(=O)/C(=C(\O)C(C)C)[C@H]1c1cccc2ccccc12. The summed E-state index contributed by atoms with van der Waals surface area (Å²) < 4.78 is 5.04. The molecule has 0 saturated carbocycles. The van der Waals surface area contributed by atoms with Crippen molar-refractivity contribution in [2.24, 2.45) is 11.8 Å². The first-order valence-electron chi connectivity index (χ1n) is 9.10. The number of aliphatic hydroxyl groups excluding tert-OH is 1. The number of piperidine rings is 1. The number of ether oxygens (including phenoxy) is 1. The van der Waals surface area contributed by atoms with E-state index in [0.717, 1.165) is 16.3 Å². The monoisotopic (exact) mass is 367 g/mol. The van der Waals surface area contributed by atoms with Crippen LogP contribution in [0.1, 0.15) is 25.3 Å². The smallest absolute Gasteiger partial charge is 0.311 e. The van der Waals surface area contributed by atoms with E-state index in [1.165, 1.54) is 12.0 Å². The largest absolute Gasteiger partial charge is 0.512 e. The zero-order chi connectivity index (χ0) is 19.7. The van der Waals surface area contributed by atoms with Gasteiger partial charge in [0, 0.05) is 25.4 Å². The van der Waals surface area contributed by atoms with Gasteiger partial charge in [-0.25, -0.2) is 0 Å². The molecule has 0 bridgehead atoms. The summed E-state index contributed by atoms with van der Waals surface area (Å²) in [5.41, 5.74) is 1.14. The standard InChI is InChI=1S/C22H25NO4/c1-13(2)20(24)19-18(17(22(26)27-4)12-23(3)21(19)25)16-11-7-9-14-8-5-6-10-15(14)16/h5-11,13,17-18,24H,12H2,1-4H3/b20-19-/t17-,18+/m1/s1. The van der Waals surface area contributed by atoms with Crippen LogP contribution >= 0.6 is 0 Å². The molecule has 142 valence electrons. The van der Waals surface area contributed by atoms with Crippen molar-refractivity contribution in [2.45, 2.75) is 19.8 Å². The number of nitrogens with zero attached hydrogens (tertiary/aromatic N) is 1. The zero-order valence-electron chi connectivity index (χ0n) is 16.1. The number of allylic oxidation sites excluding steroid dienone is 1. The molecule has 2 aromatic carbocycles. The van der Waals surface area contributed by atoms with Crippen LogP contribution in [-0.4, -0.2) is 42.6 Å². The Kier molecular flexibility index (Phi) is 5.22. The third-order valence-corrected chi connectivity index (χ3v) is 5.25. The van der Waals surface area contributed by atoms with Crippen LogP contribution in [0, 0.1) is 11.8 Å². The fourth-order valence-corrected chi connectivity index (χ4v) is 3.86. The number of aliphatic hydroxyl groups is 1. The second-order valence-electron chi connectivity index (χ2n) is 7.31. The summed E-state index contributed by atoms with van der Waals surface area (Å²) >= 11 is 0. The number of esters is 1. The molecule has 2 atom stereocenters. The van der Waals surface area contributed by atoms with Gasteiger partial charge >= 0.3 is 5.97 Å². The minimum absolute atomic E-state index is 0.0263. The van der Waals surface area contributed by atoms with E-state index in [2.05, 4.69) is 0 Å². The van der Waals surface area contributed by atoms with E-state index in [9.17, 15) is 14.7 Å². The number of carbonyl (C=O) groups excluding carboxylic acids is 2.